The van der Waals surface area contributed by atoms with Gasteiger partial charge in [-0.05, 0) is 23.1 Å². The number of hydrogen-bond donors (Lipinski definition) is 2. The predicted molar refractivity (Wildman–Crippen MR) is 78.8 cm³/mol. The van der Waals surface area contributed by atoms with Crippen LogP contribution in [0.5, 0.6) is 0 Å². The lowest BCUT2D eigenvalue weighted by Crippen LogP contribution is -2.11. The molecule has 21 heavy (non-hydrogen) atoms. The van der Waals surface area contributed by atoms with E-state index in [1.165, 1.54) is 23.0 Å². The van der Waals surface area contributed by atoms with E-state index in [2.05, 4.69) is 43.7 Å². The molecule has 3 heterocycles. The van der Waals surface area contributed by atoms with E-state index in [-0.39, 0.29) is 0 Å². The zero-order chi connectivity index (χ0) is 14.1. The summed E-state index contributed by atoms with van der Waals surface area (Å²) in [5.74, 6) is 0.794. The van der Waals surface area contributed by atoms with Crippen LogP contribution in [0, 0.1) is 0 Å². The van der Waals surface area contributed by atoms with Gasteiger partial charge < -0.3 is 10.1 Å². The third-order valence-corrected chi connectivity index (χ3v) is 3.75. The average molecular weight is 281 g/mol. The Balaban J connectivity index is 1.55. The highest BCUT2D eigenvalue weighted by Gasteiger charge is 2.10. The first kappa shape index (κ1) is 12.3. The average Bonchev–Trinajstić information content (AvgIpc) is 3.02. The van der Waals surface area contributed by atoms with E-state index in [0.29, 0.717) is 13.2 Å². The van der Waals surface area contributed by atoms with E-state index in [0.717, 1.165) is 29.9 Å². The van der Waals surface area contributed by atoms with E-state index in [1.54, 1.807) is 6.20 Å². The summed E-state index contributed by atoms with van der Waals surface area (Å²) in [6.07, 6.45) is 4.27. The molecule has 4 rings (SSSR count). The van der Waals surface area contributed by atoms with Crippen molar-refractivity contribution < 1.29 is 4.74 Å². The lowest BCUT2D eigenvalue weighted by molar-refractivity contribution is 0.110. The third-order valence-electron chi connectivity index (χ3n) is 3.75. The second-order valence-electron chi connectivity index (χ2n) is 5.11. The molecular weight excluding hydrogens is 266 g/mol. The number of rotatable bonds is 3. The molecule has 0 saturated carbocycles. The number of H-pyrrole nitrogens is 1. The van der Waals surface area contributed by atoms with E-state index < -0.39 is 0 Å². The second-order valence-corrected chi connectivity index (χ2v) is 5.11. The van der Waals surface area contributed by atoms with E-state index in [4.69, 9.17) is 4.74 Å². The van der Waals surface area contributed by atoms with Crippen molar-refractivity contribution >= 4 is 16.9 Å². The molecule has 2 N–H and O–H groups in total. The number of aromatic nitrogens is 4. The summed E-state index contributed by atoms with van der Waals surface area (Å²) in [4.78, 5) is 8.40. The van der Waals surface area contributed by atoms with E-state index in [9.17, 15) is 0 Å². The van der Waals surface area contributed by atoms with Crippen LogP contribution in [-0.4, -0.2) is 26.8 Å². The molecule has 6 nitrogen and oxygen atoms in total. The number of benzene rings is 1. The van der Waals surface area contributed by atoms with Crippen molar-refractivity contribution in [3.05, 3.63) is 47.4 Å². The van der Waals surface area contributed by atoms with E-state index >= 15 is 0 Å². The number of anilines is 1. The number of ether oxygens (including phenoxy) is 1. The molecule has 0 atom stereocenters. The van der Waals surface area contributed by atoms with Gasteiger partial charge in [-0.1, -0.05) is 18.2 Å². The van der Waals surface area contributed by atoms with Gasteiger partial charge in [0, 0.05) is 6.54 Å². The van der Waals surface area contributed by atoms with Gasteiger partial charge >= 0.3 is 0 Å². The smallest absolute Gasteiger partial charge is 0.160 e. The molecule has 106 valence electrons. The van der Waals surface area contributed by atoms with Gasteiger partial charge in [0.1, 0.15) is 12.1 Å². The fourth-order valence-electron chi connectivity index (χ4n) is 2.62. The summed E-state index contributed by atoms with van der Waals surface area (Å²) < 4.78 is 5.51. The minimum atomic E-state index is 0.711. The Morgan fingerprint density at radius 2 is 2.24 bits per heavy atom. The Kier molecular flexibility index (Phi) is 3.01. The van der Waals surface area contributed by atoms with Crippen LogP contribution < -0.4 is 5.32 Å². The number of aromatic amines is 1. The largest absolute Gasteiger partial charge is 0.376 e. The molecule has 0 radical (unpaired) electrons. The Morgan fingerprint density at radius 3 is 3.24 bits per heavy atom. The quantitative estimate of drug-likeness (QED) is 0.768. The van der Waals surface area contributed by atoms with Gasteiger partial charge in [0.05, 0.1) is 24.8 Å². The molecule has 2 aromatic heterocycles. The number of fused-ring (bicyclic) bond motifs is 2. The monoisotopic (exact) mass is 281 g/mol. The van der Waals surface area contributed by atoms with Gasteiger partial charge in [0.25, 0.3) is 0 Å². The summed E-state index contributed by atoms with van der Waals surface area (Å²) in [6.45, 7) is 2.25. The molecule has 6 heteroatoms. The fourth-order valence-corrected chi connectivity index (χ4v) is 2.62. The normalized spacial score (nSPS) is 14.1. The number of nitrogens with zero attached hydrogens (tertiary/aromatic N) is 3. The number of hydrogen-bond acceptors (Lipinski definition) is 5. The molecule has 1 aromatic carbocycles. The van der Waals surface area contributed by atoms with Gasteiger partial charge in [-0.15, -0.1) is 0 Å². The number of nitrogens with one attached hydrogen (secondary N) is 2. The standard InChI is InChI=1S/C15H15N5O/c1-2-11-3-4-21-8-12(11)5-10(1)6-16-14-13-7-19-20-15(13)18-9-17-14/h1-2,5,7,9H,3-4,6,8H2,(H2,16,17,18,19,20). The maximum absolute atomic E-state index is 5.51. The zero-order valence-corrected chi connectivity index (χ0v) is 11.5. The summed E-state index contributed by atoms with van der Waals surface area (Å²) in [7, 11) is 0. The van der Waals surface area contributed by atoms with Crippen molar-refractivity contribution in [2.45, 2.75) is 19.6 Å². The molecule has 1 aliphatic heterocycles. The molecule has 0 amide bonds. The van der Waals surface area contributed by atoms with Crippen molar-refractivity contribution in [3.63, 3.8) is 0 Å². The molecule has 0 aliphatic carbocycles. The summed E-state index contributed by atoms with van der Waals surface area (Å²) >= 11 is 0. The molecule has 3 aromatic rings. The third kappa shape index (κ3) is 2.34. The summed E-state index contributed by atoms with van der Waals surface area (Å²) in [5, 5.41) is 11.1. The van der Waals surface area contributed by atoms with Crippen molar-refractivity contribution in [2.75, 3.05) is 11.9 Å². The minimum absolute atomic E-state index is 0.711. The highest BCUT2D eigenvalue weighted by atomic mass is 16.5. The van der Waals surface area contributed by atoms with Crippen molar-refractivity contribution in [1.82, 2.24) is 20.2 Å². The van der Waals surface area contributed by atoms with Crippen molar-refractivity contribution in [2.24, 2.45) is 0 Å². The van der Waals surface area contributed by atoms with Crippen LogP contribution in [0.15, 0.2) is 30.7 Å². The first-order valence-electron chi connectivity index (χ1n) is 6.96. The van der Waals surface area contributed by atoms with E-state index in [1.807, 2.05) is 0 Å². The predicted octanol–water partition coefficient (Wildman–Crippen LogP) is 2.04. The highest BCUT2D eigenvalue weighted by molar-refractivity contribution is 5.85. The topological polar surface area (TPSA) is 75.7 Å². The minimum Gasteiger partial charge on any atom is -0.376 e. The molecular formula is C15H15N5O. The van der Waals surface area contributed by atoms with Crippen molar-refractivity contribution in [1.29, 1.82) is 0 Å². The van der Waals surface area contributed by atoms with Crippen molar-refractivity contribution in [3.8, 4) is 0 Å². The van der Waals surface area contributed by atoms with Gasteiger partial charge in [-0.25, -0.2) is 9.97 Å². The zero-order valence-electron chi connectivity index (χ0n) is 11.5. The Labute approximate surface area is 121 Å². The van der Waals surface area contributed by atoms with Gasteiger partial charge in [-0.3, -0.25) is 5.10 Å². The first-order chi connectivity index (χ1) is 10.4. The Morgan fingerprint density at radius 1 is 1.24 bits per heavy atom. The molecule has 0 saturated heterocycles. The van der Waals surface area contributed by atoms with Crippen LogP contribution >= 0.6 is 0 Å². The van der Waals surface area contributed by atoms with Crippen LogP contribution in [0.1, 0.15) is 16.7 Å². The van der Waals surface area contributed by atoms with Gasteiger partial charge in [0.2, 0.25) is 0 Å². The van der Waals surface area contributed by atoms with Crippen LogP contribution in [0.2, 0.25) is 0 Å². The highest BCUT2D eigenvalue weighted by Crippen LogP contribution is 2.20. The lowest BCUT2D eigenvalue weighted by Gasteiger charge is -2.17. The van der Waals surface area contributed by atoms with Crippen LogP contribution in [0.25, 0.3) is 11.0 Å². The van der Waals surface area contributed by atoms with Gasteiger partial charge in [0.15, 0.2) is 5.65 Å². The van der Waals surface area contributed by atoms with Crippen LogP contribution in [0.3, 0.4) is 0 Å². The molecule has 0 unspecified atom stereocenters. The maximum Gasteiger partial charge on any atom is 0.160 e. The lowest BCUT2D eigenvalue weighted by atomic mass is 10.0. The van der Waals surface area contributed by atoms with Crippen LogP contribution in [-0.2, 0) is 24.3 Å². The summed E-state index contributed by atoms with van der Waals surface area (Å²) in [6, 6.07) is 6.56. The first-order valence-corrected chi connectivity index (χ1v) is 6.96. The molecule has 0 fully saturated rings. The molecule has 0 spiro atoms. The maximum atomic E-state index is 5.51. The van der Waals surface area contributed by atoms with Crippen LogP contribution in [0.4, 0.5) is 5.82 Å². The Bertz CT molecular complexity index is 783. The molecule has 1 aliphatic rings. The van der Waals surface area contributed by atoms with Gasteiger partial charge in [-0.2, -0.15) is 5.10 Å². The Hall–Kier alpha value is -2.47. The second kappa shape index (κ2) is 5.14. The summed E-state index contributed by atoms with van der Waals surface area (Å²) in [5.41, 5.74) is 4.64. The molecule has 0 bridgehead atoms. The fraction of sp³-hybridized carbons (Fsp3) is 0.267. The SMILES string of the molecule is c1nc(NCc2ccc3c(c2)COCC3)c2cn[nH]c2n1.